The van der Waals surface area contributed by atoms with Gasteiger partial charge in [0, 0.05) is 12.6 Å². The molecule has 0 radical (unpaired) electrons. The molecular formula is C15H25N3O2S. The van der Waals surface area contributed by atoms with Gasteiger partial charge in [-0.05, 0) is 50.4 Å². The molecule has 2 rings (SSSR count). The third-order valence-electron chi connectivity index (χ3n) is 3.82. The quantitative estimate of drug-likeness (QED) is 0.757. The average Bonchev–Trinajstić information content (AvgIpc) is 3.24. The Morgan fingerprint density at radius 2 is 2.05 bits per heavy atom. The number of anilines is 2. The Hall–Kier alpha value is -1.27. The summed E-state index contributed by atoms with van der Waals surface area (Å²) in [5.41, 5.74) is 7.59. The molecular weight excluding hydrogens is 286 g/mol. The molecule has 0 saturated heterocycles. The van der Waals surface area contributed by atoms with Crippen molar-refractivity contribution in [1.82, 2.24) is 4.72 Å². The minimum absolute atomic E-state index is 0.214. The van der Waals surface area contributed by atoms with Crippen molar-refractivity contribution in [1.29, 1.82) is 0 Å². The Kier molecular flexibility index (Phi) is 4.78. The third-order valence-corrected chi connectivity index (χ3v) is 5.23. The first-order valence-corrected chi connectivity index (χ1v) is 8.93. The summed E-state index contributed by atoms with van der Waals surface area (Å²) in [4.78, 5) is 2.54. The van der Waals surface area contributed by atoms with E-state index in [0.29, 0.717) is 17.6 Å². The molecule has 118 valence electrons. The van der Waals surface area contributed by atoms with E-state index in [2.05, 4.69) is 23.5 Å². The first kappa shape index (κ1) is 16.1. The highest BCUT2D eigenvalue weighted by molar-refractivity contribution is 7.89. The monoisotopic (exact) mass is 311 g/mol. The number of nitrogen functional groups attached to an aromatic ring is 1. The van der Waals surface area contributed by atoms with Crippen LogP contribution in [-0.4, -0.2) is 28.1 Å². The van der Waals surface area contributed by atoms with Crippen LogP contribution in [0.15, 0.2) is 23.1 Å². The Balaban J connectivity index is 2.26. The number of hydrogen-bond donors (Lipinski definition) is 2. The van der Waals surface area contributed by atoms with Crippen LogP contribution >= 0.6 is 0 Å². The van der Waals surface area contributed by atoms with Crippen molar-refractivity contribution in [2.45, 2.75) is 44.0 Å². The van der Waals surface area contributed by atoms with Crippen molar-refractivity contribution < 1.29 is 8.42 Å². The van der Waals surface area contributed by atoms with Crippen LogP contribution in [0.25, 0.3) is 0 Å². The van der Waals surface area contributed by atoms with Gasteiger partial charge in [-0.3, -0.25) is 0 Å². The first-order chi connectivity index (χ1) is 9.85. The van der Waals surface area contributed by atoms with E-state index in [1.807, 2.05) is 6.07 Å². The number of hydrogen-bond acceptors (Lipinski definition) is 4. The van der Waals surface area contributed by atoms with Crippen molar-refractivity contribution in [2.75, 3.05) is 24.2 Å². The van der Waals surface area contributed by atoms with Gasteiger partial charge in [-0.2, -0.15) is 0 Å². The lowest BCUT2D eigenvalue weighted by Crippen LogP contribution is -2.28. The lowest BCUT2D eigenvalue weighted by atomic mass is 10.1. The summed E-state index contributed by atoms with van der Waals surface area (Å²) < 4.78 is 25.9. The zero-order chi connectivity index (χ0) is 15.6. The Labute approximate surface area is 127 Å². The van der Waals surface area contributed by atoms with E-state index in [-0.39, 0.29) is 4.90 Å². The maximum absolute atomic E-state index is 11.8. The molecule has 3 N–H and O–H groups in total. The smallest absolute Gasteiger partial charge is 0.240 e. The maximum atomic E-state index is 11.8. The summed E-state index contributed by atoms with van der Waals surface area (Å²) >= 11 is 0. The largest absolute Gasteiger partial charge is 0.397 e. The molecule has 0 atom stereocenters. The SMILES string of the molecule is CNS(=O)(=O)c1ccc(N(CCC(C)C)C2CC2)c(N)c1. The Morgan fingerprint density at radius 1 is 1.38 bits per heavy atom. The van der Waals surface area contributed by atoms with Crippen molar-refractivity contribution in [3.05, 3.63) is 18.2 Å². The summed E-state index contributed by atoms with van der Waals surface area (Å²) in [7, 11) is -2.04. The Bertz CT molecular complexity index is 595. The normalized spacial score (nSPS) is 15.4. The molecule has 0 bridgehead atoms. The van der Waals surface area contributed by atoms with Crippen LogP contribution in [0, 0.1) is 5.92 Å². The minimum Gasteiger partial charge on any atom is -0.397 e. The topological polar surface area (TPSA) is 75.4 Å². The molecule has 6 heteroatoms. The first-order valence-electron chi connectivity index (χ1n) is 7.45. The highest BCUT2D eigenvalue weighted by Crippen LogP contribution is 2.36. The van der Waals surface area contributed by atoms with Gasteiger partial charge < -0.3 is 10.6 Å². The third kappa shape index (κ3) is 3.89. The summed E-state index contributed by atoms with van der Waals surface area (Å²) in [6.45, 7) is 5.37. The molecule has 1 aromatic carbocycles. The molecule has 1 saturated carbocycles. The number of sulfonamides is 1. The van der Waals surface area contributed by atoms with Crippen LogP contribution in [0.2, 0.25) is 0 Å². The molecule has 1 aromatic rings. The van der Waals surface area contributed by atoms with Gasteiger partial charge in [-0.1, -0.05) is 13.8 Å². The van der Waals surface area contributed by atoms with Crippen LogP contribution in [0.4, 0.5) is 11.4 Å². The van der Waals surface area contributed by atoms with Crippen LogP contribution in [0.1, 0.15) is 33.1 Å². The second-order valence-corrected chi connectivity index (χ2v) is 7.92. The van der Waals surface area contributed by atoms with E-state index in [1.54, 1.807) is 12.1 Å². The number of nitrogens with two attached hydrogens (primary N) is 1. The fourth-order valence-corrected chi connectivity index (χ4v) is 3.13. The lowest BCUT2D eigenvalue weighted by Gasteiger charge is -2.27. The molecule has 0 unspecified atom stereocenters. The van der Waals surface area contributed by atoms with Gasteiger partial charge in [0.2, 0.25) is 10.0 Å². The van der Waals surface area contributed by atoms with Gasteiger partial charge in [0.05, 0.1) is 16.3 Å². The fraction of sp³-hybridized carbons (Fsp3) is 0.600. The van der Waals surface area contributed by atoms with Gasteiger partial charge in [-0.15, -0.1) is 0 Å². The highest BCUT2D eigenvalue weighted by Gasteiger charge is 2.30. The molecule has 0 aliphatic heterocycles. The summed E-state index contributed by atoms with van der Waals surface area (Å²) in [6, 6.07) is 5.56. The van der Waals surface area contributed by atoms with E-state index in [0.717, 1.165) is 18.7 Å². The zero-order valence-corrected chi connectivity index (χ0v) is 13.8. The van der Waals surface area contributed by atoms with Gasteiger partial charge in [0.25, 0.3) is 0 Å². The molecule has 0 heterocycles. The molecule has 5 nitrogen and oxygen atoms in total. The van der Waals surface area contributed by atoms with E-state index in [4.69, 9.17) is 5.73 Å². The maximum Gasteiger partial charge on any atom is 0.240 e. The predicted molar refractivity (Wildman–Crippen MR) is 86.9 cm³/mol. The van der Waals surface area contributed by atoms with E-state index < -0.39 is 10.0 Å². The summed E-state index contributed by atoms with van der Waals surface area (Å²) in [6.07, 6.45) is 3.48. The highest BCUT2D eigenvalue weighted by atomic mass is 32.2. The van der Waals surface area contributed by atoms with Crippen molar-refractivity contribution in [2.24, 2.45) is 5.92 Å². The number of rotatable bonds is 7. The number of nitrogens with zero attached hydrogens (tertiary/aromatic N) is 1. The van der Waals surface area contributed by atoms with E-state index in [9.17, 15) is 8.42 Å². The van der Waals surface area contributed by atoms with E-state index in [1.165, 1.54) is 19.9 Å². The van der Waals surface area contributed by atoms with E-state index >= 15 is 0 Å². The molecule has 1 aliphatic rings. The summed E-state index contributed by atoms with van der Waals surface area (Å²) in [5.74, 6) is 0.636. The number of nitrogens with one attached hydrogen (secondary N) is 1. The zero-order valence-electron chi connectivity index (χ0n) is 13.0. The van der Waals surface area contributed by atoms with Crippen LogP contribution in [0.5, 0.6) is 0 Å². The Morgan fingerprint density at radius 3 is 2.52 bits per heavy atom. The van der Waals surface area contributed by atoms with Crippen molar-refractivity contribution in [3.8, 4) is 0 Å². The molecule has 0 amide bonds. The van der Waals surface area contributed by atoms with Crippen LogP contribution in [0.3, 0.4) is 0 Å². The molecule has 1 aliphatic carbocycles. The molecule has 1 fully saturated rings. The van der Waals surface area contributed by atoms with Gasteiger partial charge in [-0.25, -0.2) is 13.1 Å². The average molecular weight is 311 g/mol. The second kappa shape index (κ2) is 6.23. The molecule has 0 aromatic heterocycles. The standard InChI is InChI=1S/C15H25N3O2S/c1-11(2)8-9-18(12-4-5-12)15-7-6-13(10-14(15)16)21(19,20)17-3/h6-7,10-12,17H,4-5,8-9,16H2,1-3H3. The number of benzene rings is 1. The van der Waals surface area contributed by atoms with Crippen LogP contribution < -0.4 is 15.4 Å². The lowest BCUT2D eigenvalue weighted by molar-refractivity contribution is 0.571. The van der Waals surface area contributed by atoms with Gasteiger partial charge >= 0.3 is 0 Å². The second-order valence-electron chi connectivity index (χ2n) is 6.04. The van der Waals surface area contributed by atoms with Crippen molar-refractivity contribution >= 4 is 21.4 Å². The van der Waals surface area contributed by atoms with Gasteiger partial charge in [0.1, 0.15) is 0 Å². The molecule has 21 heavy (non-hydrogen) atoms. The molecule has 0 spiro atoms. The minimum atomic E-state index is -3.44. The van der Waals surface area contributed by atoms with Crippen LogP contribution in [-0.2, 0) is 10.0 Å². The van der Waals surface area contributed by atoms with Crippen molar-refractivity contribution in [3.63, 3.8) is 0 Å². The van der Waals surface area contributed by atoms with Gasteiger partial charge in [0.15, 0.2) is 0 Å². The fourth-order valence-electron chi connectivity index (χ4n) is 2.36. The summed E-state index contributed by atoms with van der Waals surface area (Å²) in [5, 5.41) is 0. The predicted octanol–water partition coefficient (Wildman–Crippen LogP) is 2.19.